The van der Waals surface area contributed by atoms with Crippen molar-refractivity contribution in [3.8, 4) is 0 Å². The number of likely N-dealkylation sites (N-methyl/N-ethyl adjacent to an activating group) is 1. The molecule has 0 atom stereocenters. The fourth-order valence-corrected chi connectivity index (χ4v) is 1.19. The molecule has 0 spiro atoms. The third-order valence-electron chi connectivity index (χ3n) is 1.78. The maximum Gasteiger partial charge on any atom is 0.155 e. The zero-order valence-corrected chi connectivity index (χ0v) is 9.71. The molecule has 0 unspecified atom stereocenters. The number of nitrogens with zero attached hydrogens (tertiary/aromatic N) is 3. The van der Waals surface area contributed by atoms with Gasteiger partial charge in [-0.05, 0) is 14.1 Å². The number of hydrogen-bond donors (Lipinski definition) is 2. The number of nitrogens with one attached hydrogen (secondary N) is 1. The highest BCUT2D eigenvalue weighted by Gasteiger charge is 2.06. The van der Waals surface area contributed by atoms with Gasteiger partial charge in [-0.2, -0.15) is 0 Å². The molecule has 0 saturated carbocycles. The first-order valence-electron chi connectivity index (χ1n) is 4.60. The van der Waals surface area contributed by atoms with Crippen LogP contribution in [0.2, 0.25) is 0 Å². The number of anilines is 1. The Hall–Kier alpha value is -1.27. The van der Waals surface area contributed by atoms with Crippen LogP contribution in [-0.4, -0.2) is 47.0 Å². The van der Waals surface area contributed by atoms with Gasteiger partial charge in [0.25, 0.3) is 0 Å². The zero-order valence-electron chi connectivity index (χ0n) is 8.90. The highest BCUT2D eigenvalue weighted by Crippen LogP contribution is 2.06. The molecule has 0 aliphatic rings. The monoisotopic (exact) mass is 225 g/mol. The number of nitrogens with two attached hydrogens (primary N) is 1. The molecule has 3 N–H and O–H groups in total. The molecular weight excluding hydrogens is 210 g/mol. The Labute approximate surface area is 94.7 Å². The summed E-state index contributed by atoms with van der Waals surface area (Å²) < 4.78 is 0. The van der Waals surface area contributed by atoms with Gasteiger partial charge in [-0.1, -0.05) is 12.2 Å². The smallest absolute Gasteiger partial charge is 0.155 e. The highest BCUT2D eigenvalue weighted by atomic mass is 32.1. The van der Waals surface area contributed by atoms with Crippen molar-refractivity contribution in [2.45, 2.75) is 0 Å². The quantitative estimate of drug-likeness (QED) is 0.692. The van der Waals surface area contributed by atoms with Crippen LogP contribution in [0.1, 0.15) is 5.69 Å². The zero-order chi connectivity index (χ0) is 11.3. The van der Waals surface area contributed by atoms with E-state index in [0.717, 1.165) is 13.1 Å². The lowest BCUT2D eigenvalue weighted by atomic mass is 10.4. The molecular formula is C9H15N5S. The van der Waals surface area contributed by atoms with Crippen LogP contribution in [0.3, 0.4) is 0 Å². The maximum atomic E-state index is 5.52. The molecule has 82 valence electrons. The van der Waals surface area contributed by atoms with Crippen LogP contribution in [0.25, 0.3) is 0 Å². The van der Waals surface area contributed by atoms with Crippen LogP contribution < -0.4 is 11.1 Å². The predicted molar refractivity (Wildman–Crippen MR) is 65.0 cm³/mol. The molecule has 1 heterocycles. The van der Waals surface area contributed by atoms with Crippen molar-refractivity contribution in [3.63, 3.8) is 0 Å². The minimum Gasteiger partial charge on any atom is -0.388 e. The van der Waals surface area contributed by atoms with Gasteiger partial charge in [0.1, 0.15) is 10.7 Å². The molecule has 0 aliphatic heterocycles. The number of hydrogen-bond acceptors (Lipinski definition) is 5. The van der Waals surface area contributed by atoms with Crippen molar-refractivity contribution in [2.75, 3.05) is 32.5 Å². The van der Waals surface area contributed by atoms with Crippen LogP contribution in [0.4, 0.5) is 5.82 Å². The molecule has 0 radical (unpaired) electrons. The van der Waals surface area contributed by atoms with Gasteiger partial charge >= 0.3 is 0 Å². The van der Waals surface area contributed by atoms with E-state index in [4.69, 9.17) is 18.0 Å². The molecule has 1 aromatic heterocycles. The van der Waals surface area contributed by atoms with Crippen LogP contribution in [0.15, 0.2) is 12.4 Å². The van der Waals surface area contributed by atoms with Crippen molar-refractivity contribution in [1.82, 2.24) is 14.9 Å². The second-order valence-corrected chi connectivity index (χ2v) is 3.79. The first-order valence-corrected chi connectivity index (χ1v) is 5.01. The molecule has 5 nitrogen and oxygen atoms in total. The molecule has 6 heteroatoms. The Morgan fingerprint density at radius 1 is 1.47 bits per heavy atom. The second kappa shape index (κ2) is 5.57. The van der Waals surface area contributed by atoms with Crippen molar-refractivity contribution < 1.29 is 0 Å². The van der Waals surface area contributed by atoms with Crippen molar-refractivity contribution in [2.24, 2.45) is 5.73 Å². The lowest BCUT2D eigenvalue weighted by Gasteiger charge is -2.12. The van der Waals surface area contributed by atoms with E-state index < -0.39 is 0 Å². The Bertz CT molecular complexity index is 339. The van der Waals surface area contributed by atoms with Crippen LogP contribution in [0, 0.1) is 0 Å². The van der Waals surface area contributed by atoms with Crippen LogP contribution in [0.5, 0.6) is 0 Å². The van der Waals surface area contributed by atoms with E-state index >= 15 is 0 Å². The SMILES string of the molecule is CN(C)CCNc1nccnc1C(N)=S. The fourth-order valence-electron chi connectivity index (χ4n) is 1.05. The van der Waals surface area contributed by atoms with Crippen LogP contribution >= 0.6 is 12.2 Å². The first-order chi connectivity index (χ1) is 7.11. The summed E-state index contributed by atoms with van der Waals surface area (Å²) in [4.78, 5) is 10.5. The van der Waals surface area contributed by atoms with Gasteiger partial charge in [-0.15, -0.1) is 0 Å². The van der Waals surface area contributed by atoms with E-state index in [1.165, 1.54) is 0 Å². The van der Waals surface area contributed by atoms with Crippen molar-refractivity contribution in [1.29, 1.82) is 0 Å². The third kappa shape index (κ3) is 3.77. The van der Waals surface area contributed by atoms with E-state index in [0.29, 0.717) is 11.5 Å². The summed E-state index contributed by atoms with van der Waals surface area (Å²) in [6.07, 6.45) is 3.19. The number of aromatic nitrogens is 2. The third-order valence-corrected chi connectivity index (χ3v) is 1.98. The van der Waals surface area contributed by atoms with E-state index in [9.17, 15) is 0 Å². The Balaban J connectivity index is 2.63. The molecule has 15 heavy (non-hydrogen) atoms. The lowest BCUT2D eigenvalue weighted by Crippen LogP contribution is -2.23. The van der Waals surface area contributed by atoms with E-state index in [1.807, 2.05) is 14.1 Å². The molecule has 0 bridgehead atoms. The van der Waals surface area contributed by atoms with Gasteiger partial charge in [-0.3, -0.25) is 0 Å². The predicted octanol–water partition coefficient (Wildman–Crippen LogP) is 0.0843. The Kier molecular flexibility index (Phi) is 4.38. The normalized spacial score (nSPS) is 10.3. The molecule has 0 fully saturated rings. The molecule has 0 amide bonds. The topological polar surface area (TPSA) is 67.1 Å². The number of rotatable bonds is 5. The number of thiocarbonyl (C=S) groups is 1. The minimum absolute atomic E-state index is 0.260. The van der Waals surface area contributed by atoms with Gasteiger partial charge in [0.05, 0.1) is 0 Å². The first kappa shape index (κ1) is 11.8. The standard InChI is InChI=1S/C9H15N5S/c1-14(2)6-5-13-9-7(8(10)15)11-3-4-12-9/h3-4H,5-6H2,1-2H3,(H2,10,15)(H,12,13). The largest absolute Gasteiger partial charge is 0.388 e. The van der Waals surface area contributed by atoms with Gasteiger partial charge in [0.2, 0.25) is 0 Å². The molecule has 1 rings (SSSR count). The summed E-state index contributed by atoms with van der Waals surface area (Å²) >= 11 is 4.88. The molecule has 0 saturated heterocycles. The summed E-state index contributed by atoms with van der Waals surface area (Å²) in [5.41, 5.74) is 6.07. The Morgan fingerprint density at radius 3 is 2.73 bits per heavy atom. The van der Waals surface area contributed by atoms with E-state index in [-0.39, 0.29) is 4.99 Å². The Morgan fingerprint density at radius 2 is 2.13 bits per heavy atom. The highest BCUT2D eigenvalue weighted by molar-refractivity contribution is 7.80. The van der Waals surface area contributed by atoms with Gasteiger partial charge in [0, 0.05) is 25.5 Å². The summed E-state index contributed by atoms with van der Waals surface area (Å²) in [6.45, 7) is 1.69. The summed E-state index contributed by atoms with van der Waals surface area (Å²) in [5, 5.41) is 3.14. The van der Waals surface area contributed by atoms with Crippen LogP contribution in [-0.2, 0) is 0 Å². The average molecular weight is 225 g/mol. The molecule has 1 aromatic rings. The van der Waals surface area contributed by atoms with Crippen molar-refractivity contribution >= 4 is 23.0 Å². The molecule has 0 aliphatic carbocycles. The summed E-state index contributed by atoms with van der Waals surface area (Å²) in [7, 11) is 4.01. The van der Waals surface area contributed by atoms with E-state index in [2.05, 4.69) is 20.2 Å². The lowest BCUT2D eigenvalue weighted by molar-refractivity contribution is 0.425. The summed E-state index contributed by atoms with van der Waals surface area (Å²) in [5.74, 6) is 0.645. The molecule has 0 aromatic carbocycles. The van der Waals surface area contributed by atoms with E-state index in [1.54, 1.807) is 12.4 Å². The van der Waals surface area contributed by atoms with Gasteiger partial charge in [-0.25, -0.2) is 9.97 Å². The van der Waals surface area contributed by atoms with Gasteiger partial charge < -0.3 is 16.0 Å². The second-order valence-electron chi connectivity index (χ2n) is 3.35. The minimum atomic E-state index is 0.260. The summed E-state index contributed by atoms with van der Waals surface area (Å²) in [6, 6.07) is 0. The van der Waals surface area contributed by atoms with Crippen molar-refractivity contribution in [3.05, 3.63) is 18.1 Å². The average Bonchev–Trinajstić information content (AvgIpc) is 2.17. The fraction of sp³-hybridized carbons (Fsp3) is 0.444. The van der Waals surface area contributed by atoms with Gasteiger partial charge in [0.15, 0.2) is 5.82 Å². The maximum absolute atomic E-state index is 5.52.